The second-order valence-electron chi connectivity index (χ2n) is 8.52. The summed E-state index contributed by atoms with van der Waals surface area (Å²) in [5, 5.41) is 8.47. The fourth-order valence-corrected chi connectivity index (χ4v) is 6.21. The maximum atomic E-state index is 6.02. The number of aromatic nitrogens is 3. The zero-order chi connectivity index (χ0) is 14.0. The summed E-state index contributed by atoms with van der Waals surface area (Å²) >= 11 is 0. The van der Waals surface area contributed by atoms with Gasteiger partial charge in [-0.1, -0.05) is 5.21 Å². The molecule has 114 valence electrons. The number of aryl methyl sites for hydroxylation is 1. The number of hydrogen-bond donors (Lipinski definition) is 1. The molecule has 5 aliphatic carbocycles. The Morgan fingerprint density at radius 2 is 1.67 bits per heavy atom. The van der Waals surface area contributed by atoms with Crippen molar-refractivity contribution in [3.8, 4) is 0 Å². The van der Waals surface area contributed by atoms with Gasteiger partial charge in [-0.15, -0.1) is 5.10 Å². The first-order valence-corrected chi connectivity index (χ1v) is 8.90. The molecule has 0 saturated heterocycles. The van der Waals surface area contributed by atoms with E-state index in [1.54, 1.807) is 0 Å². The Hall–Kier alpha value is -1.06. The highest BCUT2D eigenvalue weighted by molar-refractivity contribution is 5.38. The minimum absolute atomic E-state index is 0.635. The van der Waals surface area contributed by atoms with Crippen LogP contribution in [0.3, 0.4) is 0 Å². The molecule has 0 amide bonds. The van der Waals surface area contributed by atoms with E-state index in [0.29, 0.717) is 17.2 Å². The molecule has 5 fully saturated rings. The van der Waals surface area contributed by atoms with Crippen LogP contribution in [0.2, 0.25) is 0 Å². The van der Waals surface area contributed by atoms with E-state index in [1.165, 1.54) is 63.5 Å². The van der Waals surface area contributed by atoms with Crippen LogP contribution in [-0.4, -0.2) is 15.0 Å². The number of hydrogen-bond acceptors (Lipinski definition) is 3. The smallest absolute Gasteiger partial charge is 0.169 e. The minimum Gasteiger partial charge on any atom is -0.381 e. The Kier molecular flexibility index (Phi) is 2.52. The van der Waals surface area contributed by atoms with Crippen molar-refractivity contribution in [1.29, 1.82) is 0 Å². The molecule has 5 saturated carbocycles. The van der Waals surface area contributed by atoms with E-state index in [4.69, 9.17) is 5.73 Å². The van der Waals surface area contributed by atoms with Crippen LogP contribution in [0.4, 0.5) is 5.82 Å². The lowest BCUT2D eigenvalue weighted by atomic mass is 9.49. The van der Waals surface area contributed by atoms with Crippen molar-refractivity contribution in [2.75, 3.05) is 5.73 Å². The van der Waals surface area contributed by atoms with Gasteiger partial charge in [-0.25, -0.2) is 4.68 Å². The maximum Gasteiger partial charge on any atom is 0.169 e. The van der Waals surface area contributed by atoms with Crippen LogP contribution in [0, 0.1) is 23.2 Å². The summed E-state index contributed by atoms with van der Waals surface area (Å²) in [5.74, 6) is 4.46. The summed E-state index contributed by atoms with van der Waals surface area (Å²) in [7, 11) is 0. The van der Waals surface area contributed by atoms with E-state index in [1.807, 2.05) is 0 Å². The quantitative estimate of drug-likeness (QED) is 0.923. The number of anilines is 1. The van der Waals surface area contributed by atoms with Gasteiger partial charge in [-0.05, 0) is 81.0 Å². The van der Waals surface area contributed by atoms with E-state index in [-0.39, 0.29) is 0 Å². The average molecular weight is 286 g/mol. The Labute approximate surface area is 126 Å². The average Bonchev–Trinajstić information content (AvgIpc) is 3.19. The van der Waals surface area contributed by atoms with Crippen LogP contribution in [0.1, 0.15) is 69.4 Å². The second-order valence-corrected chi connectivity index (χ2v) is 8.52. The first-order valence-electron chi connectivity index (χ1n) is 8.90. The second kappa shape index (κ2) is 4.23. The van der Waals surface area contributed by atoms with Gasteiger partial charge in [0.25, 0.3) is 0 Å². The molecule has 5 aliphatic rings. The van der Waals surface area contributed by atoms with Crippen LogP contribution in [0.15, 0.2) is 0 Å². The number of rotatable bonds is 4. The van der Waals surface area contributed by atoms with Crippen LogP contribution in [0.25, 0.3) is 0 Å². The van der Waals surface area contributed by atoms with Crippen molar-refractivity contribution in [2.24, 2.45) is 23.2 Å². The molecule has 0 spiro atoms. The van der Waals surface area contributed by atoms with Gasteiger partial charge in [0.1, 0.15) is 0 Å². The zero-order valence-electron chi connectivity index (χ0n) is 12.8. The lowest BCUT2D eigenvalue weighted by molar-refractivity contribution is -0.0597. The molecule has 1 aromatic rings. The monoisotopic (exact) mass is 286 g/mol. The highest BCUT2D eigenvalue weighted by Gasteiger charge is 2.50. The van der Waals surface area contributed by atoms with E-state index >= 15 is 0 Å². The molecule has 2 N–H and O–H groups in total. The molecule has 4 nitrogen and oxygen atoms in total. The Bertz CT molecular complexity index is 522. The standard InChI is InChI=1S/C17H26N4/c18-16-15(14-1-2-14)21(20-19-16)4-3-17-8-11-5-12(9-17)7-13(6-11)10-17/h11-14H,1-10,18H2. The SMILES string of the molecule is Nc1nnn(CCC23CC4CC(CC(C4)C2)C3)c1C1CC1. The van der Waals surface area contributed by atoms with Crippen molar-refractivity contribution in [2.45, 2.75) is 70.3 Å². The highest BCUT2D eigenvalue weighted by atomic mass is 15.4. The third kappa shape index (κ3) is 2.01. The largest absolute Gasteiger partial charge is 0.381 e. The van der Waals surface area contributed by atoms with Crippen LogP contribution >= 0.6 is 0 Å². The Balaban J connectivity index is 1.34. The first kappa shape index (κ1) is 12.5. The molecule has 0 radical (unpaired) electrons. The summed E-state index contributed by atoms with van der Waals surface area (Å²) in [6, 6.07) is 0. The fraction of sp³-hybridized carbons (Fsp3) is 0.882. The summed E-state index contributed by atoms with van der Waals surface area (Å²) in [6.07, 6.45) is 12.9. The van der Waals surface area contributed by atoms with Crippen molar-refractivity contribution < 1.29 is 0 Å². The van der Waals surface area contributed by atoms with Gasteiger partial charge in [-0.2, -0.15) is 0 Å². The molecule has 21 heavy (non-hydrogen) atoms. The molecule has 0 aromatic carbocycles. The summed E-state index contributed by atoms with van der Waals surface area (Å²) in [4.78, 5) is 0. The van der Waals surface area contributed by atoms with Crippen molar-refractivity contribution in [3.63, 3.8) is 0 Å². The maximum absolute atomic E-state index is 6.02. The first-order chi connectivity index (χ1) is 10.2. The third-order valence-corrected chi connectivity index (χ3v) is 6.78. The van der Waals surface area contributed by atoms with Crippen LogP contribution in [0.5, 0.6) is 0 Å². The topological polar surface area (TPSA) is 56.7 Å². The lowest BCUT2D eigenvalue weighted by Gasteiger charge is -2.57. The number of nitrogens with zero attached hydrogens (tertiary/aromatic N) is 3. The third-order valence-electron chi connectivity index (χ3n) is 6.78. The molecule has 1 heterocycles. The molecule has 4 bridgehead atoms. The zero-order valence-corrected chi connectivity index (χ0v) is 12.8. The highest BCUT2D eigenvalue weighted by Crippen LogP contribution is 2.61. The van der Waals surface area contributed by atoms with Crippen LogP contribution in [-0.2, 0) is 6.54 Å². The molecular weight excluding hydrogens is 260 g/mol. The van der Waals surface area contributed by atoms with Gasteiger partial charge in [0.15, 0.2) is 5.82 Å². The fourth-order valence-electron chi connectivity index (χ4n) is 6.21. The molecule has 0 atom stereocenters. The predicted molar refractivity (Wildman–Crippen MR) is 81.6 cm³/mol. The van der Waals surface area contributed by atoms with Gasteiger partial charge in [0.2, 0.25) is 0 Å². The molecule has 0 aliphatic heterocycles. The number of nitrogen functional groups attached to an aromatic ring is 1. The van der Waals surface area contributed by atoms with E-state index in [9.17, 15) is 0 Å². The molecule has 4 heteroatoms. The van der Waals surface area contributed by atoms with E-state index in [2.05, 4.69) is 15.0 Å². The molecule has 6 rings (SSSR count). The molecule has 1 aromatic heterocycles. The van der Waals surface area contributed by atoms with Crippen LogP contribution < -0.4 is 5.73 Å². The van der Waals surface area contributed by atoms with Gasteiger partial charge < -0.3 is 5.73 Å². The van der Waals surface area contributed by atoms with Gasteiger partial charge in [0.05, 0.1) is 5.69 Å². The molecule has 0 unspecified atom stereocenters. The summed E-state index contributed by atoms with van der Waals surface area (Å²) < 4.78 is 2.14. The Morgan fingerprint density at radius 1 is 1.05 bits per heavy atom. The number of nitrogens with two attached hydrogens (primary N) is 1. The van der Waals surface area contributed by atoms with Crippen molar-refractivity contribution in [1.82, 2.24) is 15.0 Å². The van der Waals surface area contributed by atoms with Crippen molar-refractivity contribution >= 4 is 5.82 Å². The van der Waals surface area contributed by atoms with Gasteiger partial charge in [-0.3, -0.25) is 0 Å². The van der Waals surface area contributed by atoms with E-state index < -0.39 is 0 Å². The normalized spacial score (nSPS) is 40.9. The van der Waals surface area contributed by atoms with Gasteiger partial charge in [0, 0.05) is 12.5 Å². The predicted octanol–water partition coefficient (Wildman–Crippen LogP) is 3.34. The van der Waals surface area contributed by atoms with Gasteiger partial charge >= 0.3 is 0 Å². The summed E-state index contributed by atoms with van der Waals surface area (Å²) in [5.41, 5.74) is 7.90. The van der Waals surface area contributed by atoms with E-state index in [0.717, 1.165) is 24.3 Å². The lowest BCUT2D eigenvalue weighted by Crippen LogP contribution is -2.46. The molecular formula is C17H26N4. The van der Waals surface area contributed by atoms with Crippen molar-refractivity contribution in [3.05, 3.63) is 5.69 Å². The summed E-state index contributed by atoms with van der Waals surface area (Å²) in [6.45, 7) is 1.04. The Morgan fingerprint density at radius 3 is 2.24 bits per heavy atom. The minimum atomic E-state index is 0.635.